The van der Waals surface area contributed by atoms with Crippen molar-refractivity contribution in [3.63, 3.8) is 0 Å². The minimum atomic E-state index is 0.410. The van der Waals surface area contributed by atoms with Crippen LogP contribution in [0.25, 0.3) is 45.3 Å². The van der Waals surface area contributed by atoms with Crippen molar-refractivity contribution in [2.75, 3.05) is 14.2 Å². The molecule has 0 amide bonds. The van der Waals surface area contributed by atoms with Crippen molar-refractivity contribution >= 4 is 11.0 Å². The summed E-state index contributed by atoms with van der Waals surface area (Å²) in [5.41, 5.74) is 5.76. The van der Waals surface area contributed by atoms with Gasteiger partial charge in [-0.25, -0.2) is 4.98 Å². The van der Waals surface area contributed by atoms with Gasteiger partial charge < -0.3 is 19.0 Å². The van der Waals surface area contributed by atoms with Gasteiger partial charge >= 0.3 is 0 Å². The summed E-state index contributed by atoms with van der Waals surface area (Å²) in [6, 6.07) is 19.5. The van der Waals surface area contributed by atoms with Crippen LogP contribution >= 0.6 is 0 Å². The van der Waals surface area contributed by atoms with Crippen LogP contribution < -0.4 is 9.47 Å². The molecule has 0 aliphatic heterocycles. The summed E-state index contributed by atoms with van der Waals surface area (Å²) in [5.74, 6) is 2.99. The third kappa shape index (κ3) is 3.50. The van der Waals surface area contributed by atoms with Crippen LogP contribution in [0.5, 0.6) is 11.5 Å². The number of aromatic nitrogens is 4. The SMILES string of the molecule is COc1ccc(-c2nc(-c3ccc(-c4nc5ccc(C)cc5[nH]4)cc3)no2)cc1OC. The number of nitrogens with one attached hydrogen (secondary N) is 1. The molecule has 0 radical (unpaired) electrons. The Morgan fingerprint density at radius 1 is 0.774 bits per heavy atom. The number of benzene rings is 3. The highest BCUT2D eigenvalue weighted by Crippen LogP contribution is 2.32. The molecule has 154 valence electrons. The zero-order valence-corrected chi connectivity index (χ0v) is 17.3. The molecule has 7 heteroatoms. The van der Waals surface area contributed by atoms with Gasteiger partial charge in [0.05, 0.1) is 25.3 Å². The van der Waals surface area contributed by atoms with Crippen molar-refractivity contribution in [3.05, 3.63) is 66.2 Å². The van der Waals surface area contributed by atoms with E-state index in [1.807, 2.05) is 48.5 Å². The van der Waals surface area contributed by atoms with E-state index in [4.69, 9.17) is 14.0 Å². The Balaban J connectivity index is 1.42. The fourth-order valence-corrected chi connectivity index (χ4v) is 3.46. The quantitative estimate of drug-likeness (QED) is 0.423. The van der Waals surface area contributed by atoms with Crippen LogP contribution in [0, 0.1) is 6.92 Å². The Hall–Kier alpha value is -4.13. The first-order valence-corrected chi connectivity index (χ1v) is 9.78. The number of nitrogens with zero attached hydrogens (tertiary/aromatic N) is 3. The maximum Gasteiger partial charge on any atom is 0.258 e. The lowest BCUT2D eigenvalue weighted by Gasteiger charge is -2.07. The van der Waals surface area contributed by atoms with Gasteiger partial charge in [0.1, 0.15) is 5.82 Å². The minimum Gasteiger partial charge on any atom is -0.493 e. The second-order valence-electron chi connectivity index (χ2n) is 7.18. The van der Waals surface area contributed by atoms with Gasteiger partial charge in [-0.05, 0) is 42.8 Å². The molecule has 0 spiro atoms. The zero-order chi connectivity index (χ0) is 21.4. The first-order valence-electron chi connectivity index (χ1n) is 9.78. The van der Waals surface area contributed by atoms with Crippen LogP contribution in [-0.2, 0) is 0 Å². The Labute approximate surface area is 178 Å². The van der Waals surface area contributed by atoms with Crippen molar-refractivity contribution in [2.45, 2.75) is 6.92 Å². The lowest BCUT2D eigenvalue weighted by Crippen LogP contribution is -1.91. The van der Waals surface area contributed by atoms with Gasteiger partial charge in [-0.15, -0.1) is 0 Å². The van der Waals surface area contributed by atoms with Crippen LogP contribution in [0.1, 0.15) is 5.56 Å². The highest BCUT2D eigenvalue weighted by molar-refractivity contribution is 5.80. The molecule has 7 nitrogen and oxygen atoms in total. The number of ether oxygens (including phenoxy) is 2. The molecule has 5 rings (SSSR count). The van der Waals surface area contributed by atoms with E-state index in [0.29, 0.717) is 23.2 Å². The highest BCUT2D eigenvalue weighted by Gasteiger charge is 2.14. The van der Waals surface area contributed by atoms with Crippen LogP contribution in [0.2, 0.25) is 0 Å². The lowest BCUT2D eigenvalue weighted by atomic mass is 10.1. The monoisotopic (exact) mass is 412 g/mol. The summed E-state index contributed by atoms with van der Waals surface area (Å²) < 4.78 is 16.1. The fourth-order valence-electron chi connectivity index (χ4n) is 3.46. The Bertz CT molecular complexity index is 1370. The van der Waals surface area contributed by atoms with Crippen LogP contribution in [0.15, 0.2) is 65.2 Å². The average Bonchev–Trinajstić information content (AvgIpc) is 3.46. The first-order chi connectivity index (χ1) is 15.1. The average molecular weight is 412 g/mol. The molecule has 0 saturated heterocycles. The third-order valence-corrected chi connectivity index (χ3v) is 5.11. The van der Waals surface area contributed by atoms with E-state index >= 15 is 0 Å². The number of rotatable bonds is 5. The molecule has 3 aromatic carbocycles. The number of H-pyrrole nitrogens is 1. The molecule has 1 N–H and O–H groups in total. The predicted molar refractivity (Wildman–Crippen MR) is 118 cm³/mol. The normalized spacial score (nSPS) is 11.1. The maximum atomic E-state index is 5.47. The van der Waals surface area contributed by atoms with Crippen LogP contribution in [0.3, 0.4) is 0 Å². The van der Waals surface area contributed by atoms with E-state index in [0.717, 1.165) is 33.5 Å². The Kier molecular flexibility index (Phi) is 4.63. The van der Waals surface area contributed by atoms with Gasteiger partial charge in [-0.1, -0.05) is 35.5 Å². The van der Waals surface area contributed by atoms with Crippen molar-refractivity contribution in [1.82, 2.24) is 20.1 Å². The summed E-state index contributed by atoms with van der Waals surface area (Å²) in [4.78, 5) is 12.6. The molecule has 0 aliphatic rings. The van der Waals surface area contributed by atoms with Crippen molar-refractivity contribution in [2.24, 2.45) is 0 Å². The number of hydrogen-bond donors (Lipinski definition) is 1. The second kappa shape index (κ2) is 7.60. The molecule has 31 heavy (non-hydrogen) atoms. The fraction of sp³-hybridized carbons (Fsp3) is 0.125. The van der Waals surface area contributed by atoms with E-state index in [1.165, 1.54) is 5.56 Å². The molecule has 0 unspecified atom stereocenters. The number of aromatic amines is 1. The molecule has 0 aliphatic carbocycles. The largest absolute Gasteiger partial charge is 0.493 e. The van der Waals surface area contributed by atoms with Gasteiger partial charge in [-0.3, -0.25) is 0 Å². The number of hydrogen-bond acceptors (Lipinski definition) is 6. The van der Waals surface area contributed by atoms with Gasteiger partial charge in [-0.2, -0.15) is 4.98 Å². The topological polar surface area (TPSA) is 86.1 Å². The highest BCUT2D eigenvalue weighted by atomic mass is 16.5. The van der Waals surface area contributed by atoms with Crippen molar-refractivity contribution in [3.8, 4) is 45.7 Å². The summed E-state index contributed by atoms with van der Waals surface area (Å²) in [6.07, 6.45) is 0. The lowest BCUT2D eigenvalue weighted by molar-refractivity contribution is 0.355. The Morgan fingerprint density at radius 3 is 2.29 bits per heavy atom. The van der Waals surface area contributed by atoms with Crippen molar-refractivity contribution < 1.29 is 14.0 Å². The van der Waals surface area contributed by atoms with E-state index < -0.39 is 0 Å². The summed E-state index contributed by atoms with van der Waals surface area (Å²) >= 11 is 0. The van der Waals surface area contributed by atoms with Gasteiger partial charge in [0.25, 0.3) is 5.89 Å². The predicted octanol–water partition coefficient (Wildman–Crippen LogP) is 5.27. The summed E-state index contributed by atoms with van der Waals surface area (Å²) in [7, 11) is 3.18. The second-order valence-corrected chi connectivity index (χ2v) is 7.18. The van der Waals surface area contributed by atoms with Crippen molar-refractivity contribution in [1.29, 1.82) is 0 Å². The number of aryl methyl sites for hydroxylation is 1. The van der Waals surface area contributed by atoms with Gasteiger partial charge in [0, 0.05) is 16.7 Å². The molecule has 0 atom stereocenters. The Morgan fingerprint density at radius 2 is 1.52 bits per heavy atom. The minimum absolute atomic E-state index is 0.410. The van der Waals surface area contributed by atoms with E-state index in [1.54, 1.807) is 14.2 Å². The van der Waals surface area contributed by atoms with E-state index in [-0.39, 0.29) is 0 Å². The molecular weight excluding hydrogens is 392 g/mol. The molecule has 0 fully saturated rings. The number of fused-ring (bicyclic) bond motifs is 1. The number of imidazole rings is 1. The standard InChI is InChI=1S/C24H20N4O3/c1-14-4-10-18-19(12-14)26-22(25-18)15-5-7-16(8-6-15)23-27-24(31-28-23)17-9-11-20(29-2)21(13-17)30-3/h4-13H,1-3H3,(H,25,26). The van der Waals surface area contributed by atoms with E-state index in [9.17, 15) is 0 Å². The molecular formula is C24H20N4O3. The third-order valence-electron chi connectivity index (χ3n) is 5.11. The summed E-state index contributed by atoms with van der Waals surface area (Å²) in [6.45, 7) is 2.07. The van der Waals surface area contributed by atoms with Crippen LogP contribution in [-0.4, -0.2) is 34.3 Å². The smallest absolute Gasteiger partial charge is 0.258 e. The first kappa shape index (κ1) is 18.9. The molecule has 0 saturated carbocycles. The molecule has 0 bridgehead atoms. The molecule has 5 aromatic rings. The number of methoxy groups -OCH3 is 2. The van der Waals surface area contributed by atoms with Gasteiger partial charge in [0.15, 0.2) is 11.5 Å². The summed E-state index contributed by atoms with van der Waals surface area (Å²) in [5, 5.41) is 4.13. The maximum absolute atomic E-state index is 5.47. The van der Waals surface area contributed by atoms with E-state index in [2.05, 4.69) is 39.2 Å². The molecule has 2 heterocycles. The van der Waals surface area contributed by atoms with Crippen LogP contribution in [0.4, 0.5) is 0 Å². The zero-order valence-electron chi connectivity index (χ0n) is 17.3. The van der Waals surface area contributed by atoms with Gasteiger partial charge in [0.2, 0.25) is 5.82 Å². The molecule has 2 aromatic heterocycles.